The number of aliphatic hydroxyl groups is 3. The fourth-order valence-electron chi connectivity index (χ4n) is 7.88. The van der Waals surface area contributed by atoms with Crippen LogP contribution in [-0.4, -0.2) is 68.5 Å². The van der Waals surface area contributed by atoms with Crippen molar-refractivity contribution in [3.63, 3.8) is 0 Å². The molecule has 1 aromatic rings. The number of Topliss-reactive ketones (excluding diaryl/α,β-unsaturated/α-hetero) is 2. The van der Waals surface area contributed by atoms with E-state index in [1.807, 2.05) is 47.6 Å². The van der Waals surface area contributed by atoms with E-state index >= 15 is 0 Å². The number of fused-ring (bicyclic) bond motifs is 3. The summed E-state index contributed by atoms with van der Waals surface area (Å²) < 4.78 is 0. The molecule has 1 amide bonds. The van der Waals surface area contributed by atoms with Crippen molar-refractivity contribution in [1.29, 1.82) is 0 Å². The van der Waals surface area contributed by atoms with Crippen molar-refractivity contribution in [2.75, 3.05) is 14.1 Å². The molecule has 6 atom stereocenters. The normalized spacial score (nSPS) is 29.0. The Labute approximate surface area is 253 Å². The molecule has 0 aliphatic heterocycles. The summed E-state index contributed by atoms with van der Waals surface area (Å²) in [4.78, 5) is 42.3. The number of hydrogen-bond acceptors (Lipinski definition) is 8. The van der Waals surface area contributed by atoms with Crippen LogP contribution in [0.5, 0.6) is 5.75 Å². The molecule has 1 aromatic carbocycles. The summed E-state index contributed by atoms with van der Waals surface area (Å²) in [6.45, 7) is 15.9. The van der Waals surface area contributed by atoms with E-state index < -0.39 is 75.3 Å². The van der Waals surface area contributed by atoms with Gasteiger partial charge in [0.2, 0.25) is 5.78 Å². The van der Waals surface area contributed by atoms with Crippen LogP contribution in [0.4, 0.5) is 0 Å². The number of aromatic hydroxyl groups is 1. The zero-order valence-electron chi connectivity index (χ0n) is 26.5. The fraction of sp³-hybridized carbons (Fsp3) is 0.559. The minimum Gasteiger partial charge on any atom is -0.508 e. The largest absolute Gasteiger partial charge is 0.508 e. The number of phenols is 1. The van der Waals surface area contributed by atoms with Crippen molar-refractivity contribution in [1.82, 2.24) is 4.90 Å². The van der Waals surface area contributed by atoms with Crippen molar-refractivity contribution in [2.24, 2.45) is 23.5 Å². The number of phenolic OH excluding ortho intramolecular Hbond substituents is 1. The first-order valence-electron chi connectivity index (χ1n) is 15.1. The molecular weight excluding hydrogens is 548 g/mol. The molecule has 1 fully saturated rings. The second-order valence-electron chi connectivity index (χ2n) is 13.8. The quantitative estimate of drug-likeness (QED) is 0.230. The van der Waals surface area contributed by atoms with Crippen LogP contribution < -0.4 is 5.73 Å². The highest BCUT2D eigenvalue weighted by atomic mass is 16.3. The number of aliphatic hydroxyl groups excluding tert-OH is 2. The van der Waals surface area contributed by atoms with Crippen molar-refractivity contribution < 1.29 is 34.8 Å². The maximum Gasteiger partial charge on any atom is 0.255 e. The van der Waals surface area contributed by atoms with Gasteiger partial charge < -0.3 is 26.2 Å². The number of hydrogen-bond donors (Lipinski definition) is 5. The number of ketones is 2. The summed E-state index contributed by atoms with van der Waals surface area (Å²) in [6.07, 6.45) is 2.34. The molecule has 0 spiro atoms. The lowest BCUT2D eigenvalue weighted by Gasteiger charge is -2.56. The van der Waals surface area contributed by atoms with E-state index in [0.717, 1.165) is 23.1 Å². The number of carbonyl (C=O) groups excluding carboxylic acids is 3. The summed E-state index contributed by atoms with van der Waals surface area (Å²) in [5, 5.41) is 47.4. The zero-order chi connectivity index (χ0) is 32.5. The van der Waals surface area contributed by atoms with Gasteiger partial charge in [-0.05, 0) is 61.7 Å². The van der Waals surface area contributed by atoms with Gasteiger partial charge in [-0.1, -0.05) is 66.2 Å². The Balaban J connectivity index is 2.18. The highest BCUT2D eigenvalue weighted by Crippen LogP contribution is 2.60. The van der Waals surface area contributed by atoms with E-state index in [2.05, 4.69) is 6.58 Å². The first-order chi connectivity index (χ1) is 19.9. The lowest BCUT2D eigenvalue weighted by molar-refractivity contribution is -0.161. The Bertz CT molecular complexity index is 1480. The van der Waals surface area contributed by atoms with Crippen LogP contribution in [0.15, 0.2) is 35.1 Å². The van der Waals surface area contributed by atoms with E-state index in [9.17, 15) is 34.8 Å². The van der Waals surface area contributed by atoms with Crippen molar-refractivity contribution in [3.05, 3.63) is 57.4 Å². The van der Waals surface area contributed by atoms with Crippen LogP contribution in [0.1, 0.15) is 89.0 Å². The molecule has 0 saturated heterocycles. The van der Waals surface area contributed by atoms with Gasteiger partial charge in [0.15, 0.2) is 11.4 Å². The van der Waals surface area contributed by atoms with Gasteiger partial charge in [-0.2, -0.15) is 0 Å². The van der Waals surface area contributed by atoms with E-state index in [0.29, 0.717) is 18.4 Å². The molecule has 0 radical (unpaired) electrons. The number of rotatable bonds is 7. The van der Waals surface area contributed by atoms with Crippen LogP contribution in [0, 0.1) is 17.8 Å². The third-order valence-electron chi connectivity index (χ3n) is 9.85. The highest BCUT2D eigenvalue weighted by molar-refractivity contribution is 6.24. The monoisotopic (exact) mass is 594 g/mol. The lowest BCUT2D eigenvalue weighted by atomic mass is 9.50. The molecule has 9 nitrogen and oxygen atoms in total. The van der Waals surface area contributed by atoms with Gasteiger partial charge in [-0.3, -0.25) is 19.3 Å². The molecule has 1 unspecified atom stereocenters. The van der Waals surface area contributed by atoms with Gasteiger partial charge in [0.25, 0.3) is 5.91 Å². The molecule has 234 valence electrons. The second-order valence-corrected chi connectivity index (χ2v) is 13.8. The zero-order valence-corrected chi connectivity index (χ0v) is 26.5. The van der Waals surface area contributed by atoms with E-state index in [-0.39, 0.29) is 23.3 Å². The van der Waals surface area contributed by atoms with Gasteiger partial charge in [-0.15, -0.1) is 0 Å². The number of benzene rings is 1. The summed E-state index contributed by atoms with van der Waals surface area (Å²) in [5.74, 6) is -7.71. The van der Waals surface area contributed by atoms with Crippen molar-refractivity contribution in [3.8, 4) is 5.75 Å². The number of amides is 1. The maximum atomic E-state index is 14.6. The third kappa shape index (κ3) is 4.63. The molecule has 3 aliphatic carbocycles. The first-order valence-corrected chi connectivity index (χ1v) is 15.1. The third-order valence-corrected chi connectivity index (χ3v) is 9.85. The fourth-order valence-corrected chi connectivity index (χ4v) is 7.88. The second kappa shape index (κ2) is 10.9. The van der Waals surface area contributed by atoms with Gasteiger partial charge >= 0.3 is 0 Å². The Hall–Kier alpha value is -3.43. The van der Waals surface area contributed by atoms with Crippen LogP contribution in [0.3, 0.4) is 0 Å². The highest BCUT2D eigenvalue weighted by Gasteiger charge is 2.68. The number of nitrogens with zero attached hydrogens (tertiary/aromatic N) is 1. The van der Waals surface area contributed by atoms with Crippen LogP contribution >= 0.6 is 0 Å². The summed E-state index contributed by atoms with van der Waals surface area (Å²) in [5.41, 5.74) is 4.55. The maximum absolute atomic E-state index is 14.6. The van der Waals surface area contributed by atoms with Crippen molar-refractivity contribution in [2.45, 2.75) is 90.2 Å². The number of allylic oxidation sites excluding steroid dienone is 1. The molecule has 0 aromatic heterocycles. The Kier molecular flexibility index (Phi) is 8.26. The minimum absolute atomic E-state index is 0.140. The van der Waals surface area contributed by atoms with Gasteiger partial charge in [-0.25, -0.2) is 0 Å². The van der Waals surface area contributed by atoms with Crippen LogP contribution in [0.2, 0.25) is 0 Å². The van der Waals surface area contributed by atoms with E-state index in [4.69, 9.17) is 5.73 Å². The van der Waals surface area contributed by atoms with Crippen molar-refractivity contribution >= 4 is 23.2 Å². The number of nitrogens with two attached hydrogens (primary N) is 1. The first kappa shape index (κ1) is 32.5. The molecule has 4 rings (SSSR count). The Morgan fingerprint density at radius 3 is 2.23 bits per heavy atom. The predicted octanol–water partition coefficient (Wildman–Crippen LogP) is 4.36. The lowest BCUT2D eigenvalue weighted by Crippen LogP contribution is -2.68. The molecule has 9 heteroatoms. The van der Waals surface area contributed by atoms with Gasteiger partial charge in [0, 0.05) is 23.0 Å². The minimum atomic E-state index is -2.73. The smallest absolute Gasteiger partial charge is 0.255 e. The number of aryl methyl sites for hydroxylation is 1. The van der Waals surface area contributed by atoms with Crippen LogP contribution in [-0.2, 0) is 26.2 Å². The SMILES string of the molecule is C=C(CC)C[C@H]1[C@H]2C(=C(O)c3c(O)c(C(C)(C)C)cc(CCC)c3[C@@H]2C)C(=O)[C@]2(O)C(O)=C(C(N)=O)C(=O)C(N(C)C)[C@H]12. The number of primary amides is 1. The van der Waals surface area contributed by atoms with E-state index in [1.165, 1.54) is 4.90 Å². The Morgan fingerprint density at radius 2 is 1.74 bits per heavy atom. The molecule has 43 heavy (non-hydrogen) atoms. The molecule has 3 aliphatic rings. The molecule has 1 saturated carbocycles. The summed E-state index contributed by atoms with van der Waals surface area (Å²) in [6, 6.07) is 0.805. The molecule has 0 heterocycles. The summed E-state index contributed by atoms with van der Waals surface area (Å²) in [7, 11) is 3.21. The number of likely N-dealkylation sites (N-methyl/N-ethyl adjacent to an activating group) is 1. The molecular formula is C34H46N2O7. The topological polar surface area (TPSA) is 161 Å². The van der Waals surface area contributed by atoms with Gasteiger partial charge in [0.05, 0.1) is 11.6 Å². The molecule has 6 N–H and O–H groups in total. The predicted molar refractivity (Wildman–Crippen MR) is 165 cm³/mol. The molecule has 0 bridgehead atoms. The van der Waals surface area contributed by atoms with Gasteiger partial charge in [0.1, 0.15) is 22.8 Å². The average Bonchev–Trinajstić information content (AvgIpc) is 2.90. The Morgan fingerprint density at radius 1 is 1.14 bits per heavy atom. The standard InChI is InChI=1S/C34H46N2O7/c1-10-12-17-14-19(33(5,6)7)27(37)22-20(17)16(4)21-18(13-15(3)11-2)25-26(36(8)9)29(39)24(32(35)42)31(41)34(25,43)30(40)23(21)28(22)38/h14,16,18,21,25-26,37-38,41,43H,3,10-13H2,1-2,4-9H3,(H2,35,42)/t16-,18-,21-,25-,26?,34-/m0/s1. The summed E-state index contributed by atoms with van der Waals surface area (Å²) >= 11 is 0. The van der Waals surface area contributed by atoms with Crippen LogP contribution in [0.25, 0.3) is 5.76 Å². The average molecular weight is 595 g/mol. The number of carbonyl (C=O) groups is 3. The van der Waals surface area contributed by atoms with E-state index in [1.54, 1.807) is 14.1 Å².